The van der Waals surface area contributed by atoms with Gasteiger partial charge in [0.15, 0.2) is 0 Å². The van der Waals surface area contributed by atoms with Crippen LogP contribution in [0.15, 0.2) is 0 Å². The summed E-state index contributed by atoms with van der Waals surface area (Å²) in [4.78, 5) is 0. The molecule has 0 aromatic carbocycles. The summed E-state index contributed by atoms with van der Waals surface area (Å²) in [5.41, 5.74) is 0. The first-order valence-corrected chi connectivity index (χ1v) is 3.13. The van der Waals surface area contributed by atoms with Gasteiger partial charge < -0.3 is 15.2 Å². The Morgan fingerprint density at radius 2 is 2.33 bits per heavy atom. The van der Waals surface area contributed by atoms with E-state index in [1.54, 1.807) is 7.11 Å². The number of aliphatic hydroxyl groups excluding tert-OH is 1. The first kappa shape index (κ1) is 8.88. The number of ether oxygens (including phenoxy) is 1. The standard InChI is InChI=1S/C6H15NO2/c1-7-5-6(8)3-4-9-2/h6-8H,3-5H2,1-2H3. The van der Waals surface area contributed by atoms with Crippen LogP contribution in [-0.4, -0.2) is 38.5 Å². The van der Waals surface area contributed by atoms with Gasteiger partial charge in [0.25, 0.3) is 0 Å². The van der Waals surface area contributed by atoms with Crippen LogP contribution in [0.5, 0.6) is 0 Å². The van der Waals surface area contributed by atoms with Crippen LogP contribution in [0.3, 0.4) is 0 Å². The van der Waals surface area contributed by atoms with E-state index in [1.165, 1.54) is 0 Å². The number of rotatable bonds is 5. The summed E-state index contributed by atoms with van der Waals surface area (Å²) in [6, 6.07) is 0. The molecule has 1 unspecified atom stereocenters. The number of methoxy groups -OCH3 is 1. The van der Waals surface area contributed by atoms with E-state index in [4.69, 9.17) is 9.84 Å². The van der Waals surface area contributed by atoms with E-state index in [2.05, 4.69) is 5.32 Å². The van der Waals surface area contributed by atoms with Gasteiger partial charge in [-0.1, -0.05) is 0 Å². The smallest absolute Gasteiger partial charge is 0.0686 e. The van der Waals surface area contributed by atoms with Gasteiger partial charge in [-0.3, -0.25) is 0 Å². The summed E-state index contributed by atoms with van der Waals surface area (Å²) in [5, 5.41) is 11.9. The maximum Gasteiger partial charge on any atom is 0.0686 e. The van der Waals surface area contributed by atoms with Gasteiger partial charge in [0.05, 0.1) is 6.10 Å². The molecule has 0 saturated carbocycles. The first-order valence-electron chi connectivity index (χ1n) is 3.13. The summed E-state index contributed by atoms with van der Waals surface area (Å²) < 4.78 is 4.77. The second-order valence-electron chi connectivity index (χ2n) is 1.99. The monoisotopic (exact) mass is 133 g/mol. The van der Waals surface area contributed by atoms with Crippen molar-refractivity contribution in [2.75, 3.05) is 27.3 Å². The fourth-order valence-corrected chi connectivity index (χ4v) is 0.592. The lowest BCUT2D eigenvalue weighted by Gasteiger charge is -2.07. The second kappa shape index (κ2) is 6.01. The molecule has 0 fully saturated rings. The third kappa shape index (κ3) is 5.76. The summed E-state index contributed by atoms with van der Waals surface area (Å²) in [7, 11) is 3.45. The zero-order valence-electron chi connectivity index (χ0n) is 6.05. The Morgan fingerprint density at radius 3 is 2.78 bits per heavy atom. The van der Waals surface area contributed by atoms with Crippen LogP contribution in [0.2, 0.25) is 0 Å². The molecule has 1 atom stereocenters. The van der Waals surface area contributed by atoms with Crippen LogP contribution >= 0.6 is 0 Å². The Labute approximate surface area is 56.0 Å². The van der Waals surface area contributed by atoms with Crippen LogP contribution in [0.1, 0.15) is 6.42 Å². The van der Waals surface area contributed by atoms with E-state index in [0.717, 1.165) is 0 Å². The summed E-state index contributed by atoms with van der Waals surface area (Å²) >= 11 is 0. The SMILES string of the molecule is CNCC(O)CCOC. The van der Waals surface area contributed by atoms with E-state index in [0.29, 0.717) is 19.6 Å². The van der Waals surface area contributed by atoms with Gasteiger partial charge in [0, 0.05) is 20.3 Å². The fraction of sp³-hybridized carbons (Fsp3) is 1.00. The number of hydrogen-bond donors (Lipinski definition) is 2. The molecule has 0 saturated heterocycles. The first-order chi connectivity index (χ1) is 4.31. The Kier molecular flexibility index (Phi) is 5.93. The van der Waals surface area contributed by atoms with Crippen molar-refractivity contribution >= 4 is 0 Å². The summed E-state index contributed by atoms with van der Waals surface area (Å²) in [6.07, 6.45) is 0.437. The summed E-state index contributed by atoms with van der Waals surface area (Å²) in [5.74, 6) is 0. The lowest BCUT2D eigenvalue weighted by atomic mass is 10.3. The molecule has 9 heavy (non-hydrogen) atoms. The van der Waals surface area contributed by atoms with E-state index >= 15 is 0 Å². The molecule has 0 aliphatic heterocycles. The van der Waals surface area contributed by atoms with Gasteiger partial charge in [-0.15, -0.1) is 0 Å². The van der Waals surface area contributed by atoms with Crippen LogP contribution in [0, 0.1) is 0 Å². The highest BCUT2D eigenvalue weighted by molar-refractivity contribution is 4.55. The number of hydrogen-bond acceptors (Lipinski definition) is 3. The normalized spacial score (nSPS) is 13.7. The second-order valence-corrected chi connectivity index (χ2v) is 1.99. The van der Waals surface area contributed by atoms with Gasteiger partial charge in [-0.2, -0.15) is 0 Å². The largest absolute Gasteiger partial charge is 0.392 e. The van der Waals surface area contributed by atoms with Crippen LogP contribution in [0.4, 0.5) is 0 Å². The molecule has 3 nitrogen and oxygen atoms in total. The molecule has 0 aromatic rings. The maximum atomic E-state index is 9.04. The zero-order valence-corrected chi connectivity index (χ0v) is 6.05. The molecule has 0 spiro atoms. The van der Waals surface area contributed by atoms with E-state index < -0.39 is 0 Å². The lowest BCUT2D eigenvalue weighted by molar-refractivity contribution is 0.110. The Morgan fingerprint density at radius 1 is 1.67 bits per heavy atom. The number of aliphatic hydroxyl groups is 1. The number of likely N-dealkylation sites (N-methyl/N-ethyl adjacent to an activating group) is 1. The van der Waals surface area contributed by atoms with Crippen LogP contribution in [-0.2, 0) is 4.74 Å². The van der Waals surface area contributed by atoms with Gasteiger partial charge in [-0.25, -0.2) is 0 Å². The Balaban J connectivity index is 2.95. The minimum Gasteiger partial charge on any atom is -0.392 e. The molecule has 0 bridgehead atoms. The molecular weight excluding hydrogens is 118 g/mol. The van der Waals surface area contributed by atoms with Crippen molar-refractivity contribution < 1.29 is 9.84 Å². The van der Waals surface area contributed by atoms with Crippen molar-refractivity contribution in [2.45, 2.75) is 12.5 Å². The van der Waals surface area contributed by atoms with Crippen molar-refractivity contribution in [1.82, 2.24) is 5.32 Å². The average molecular weight is 133 g/mol. The predicted octanol–water partition coefficient (Wildman–Crippen LogP) is -0.397. The maximum absolute atomic E-state index is 9.04. The van der Waals surface area contributed by atoms with Crippen molar-refractivity contribution in [2.24, 2.45) is 0 Å². The summed E-state index contributed by atoms with van der Waals surface area (Å²) in [6.45, 7) is 1.27. The topological polar surface area (TPSA) is 41.5 Å². The zero-order chi connectivity index (χ0) is 7.11. The average Bonchev–Trinajstić information content (AvgIpc) is 1.85. The highest BCUT2D eigenvalue weighted by Crippen LogP contribution is 1.88. The minimum absolute atomic E-state index is 0.269. The Bertz CT molecular complexity index is 59.0. The van der Waals surface area contributed by atoms with E-state index in [1.807, 2.05) is 7.05 Å². The molecule has 0 heterocycles. The molecule has 3 heteroatoms. The van der Waals surface area contributed by atoms with E-state index in [9.17, 15) is 0 Å². The Hall–Kier alpha value is -0.120. The molecule has 0 aromatic heterocycles. The van der Waals surface area contributed by atoms with E-state index in [-0.39, 0.29) is 6.10 Å². The molecule has 0 amide bonds. The molecule has 0 aliphatic carbocycles. The van der Waals surface area contributed by atoms with Crippen LogP contribution in [0.25, 0.3) is 0 Å². The quantitative estimate of drug-likeness (QED) is 0.536. The highest BCUT2D eigenvalue weighted by atomic mass is 16.5. The van der Waals surface area contributed by atoms with Crippen LogP contribution < -0.4 is 5.32 Å². The fourth-order valence-electron chi connectivity index (χ4n) is 0.592. The lowest BCUT2D eigenvalue weighted by Crippen LogP contribution is -2.24. The highest BCUT2D eigenvalue weighted by Gasteiger charge is 1.99. The molecule has 0 aliphatic rings. The number of nitrogens with one attached hydrogen (secondary N) is 1. The molecule has 56 valence electrons. The van der Waals surface area contributed by atoms with Gasteiger partial charge in [0.2, 0.25) is 0 Å². The minimum atomic E-state index is -0.269. The van der Waals surface area contributed by atoms with Gasteiger partial charge >= 0.3 is 0 Å². The van der Waals surface area contributed by atoms with Crippen molar-refractivity contribution in [3.63, 3.8) is 0 Å². The molecule has 0 radical (unpaired) electrons. The van der Waals surface area contributed by atoms with Gasteiger partial charge in [0.1, 0.15) is 0 Å². The third-order valence-electron chi connectivity index (χ3n) is 1.09. The van der Waals surface area contributed by atoms with Crippen molar-refractivity contribution in [3.8, 4) is 0 Å². The van der Waals surface area contributed by atoms with Crippen molar-refractivity contribution in [1.29, 1.82) is 0 Å². The van der Waals surface area contributed by atoms with Gasteiger partial charge in [-0.05, 0) is 13.5 Å². The molecule has 0 rings (SSSR count). The van der Waals surface area contributed by atoms with Crippen molar-refractivity contribution in [3.05, 3.63) is 0 Å². The predicted molar refractivity (Wildman–Crippen MR) is 36.4 cm³/mol. The third-order valence-corrected chi connectivity index (χ3v) is 1.09. The molecular formula is C6H15NO2. The molecule has 2 N–H and O–H groups in total.